The molecule has 0 spiro atoms. The van der Waals surface area contributed by atoms with Crippen LogP contribution >= 0.6 is 22.9 Å². The first-order chi connectivity index (χ1) is 8.77. The molecule has 0 atom stereocenters. The summed E-state index contributed by atoms with van der Waals surface area (Å²) in [5.74, 6) is 0.969. The summed E-state index contributed by atoms with van der Waals surface area (Å²) >= 11 is 7.00. The molecule has 0 N–H and O–H groups in total. The van der Waals surface area contributed by atoms with Gasteiger partial charge in [0.1, 0.15) is 4.21 Å². The van der Waals surface area contributed by atoms with Gasteiger partial charge in [-0.3, -0.25) is 0 Å². The molecule has 0 fully saturated rings. The first kappa shape index (κ1) is 17.0. The first-order valence-electron chi connectivity index (χ1n) is 6.42. The van der Waals surface area contributed by atoms with E-state index in [0.717, 1.165) is 4.88 Å². The maximum Gasteiger partial charge on any atom is 0.252 e. The summed E-state index contributed by atoms with van der Waals surface area (Å²) in [5, 5.41) is 0. The average molecular weight is 324 g/mol. The predicted octanol–water partition coefficient (Wildman–Crippen LogP) is 3.79. The lowest BCUT2D eigenvalue weighted by molar-refractivity contribution is 0.334. The maximum absolute atomic E-state index is 12.6. The van der Waals surface area contributed by atoms with Crippen molar-refractivity contribution in [1.29, 1.82) is 0 Å². The van der Waals surface area contributed by atoms with Crippen molar-refractivity contribution in [2.45, 2.75) is 37.8 Å². The van der Waals surface area contributed by atoms with Crippen LogP contribution in [0.1, 0.15) is 32.6 Å². The normalized spacial score (nSPS) is 12.8. The zero-order valence-electron chi connectivity index (χ0n) is 11.9. The molecule has 3 nitrogen and oxygen atoms in total. The molecule has 0 saturated carbocycles. The SMILES string of the molecule is CC(C)CN(CC(C)C)S(=O)(=O)c1ccc(CCl)s1. The molecule has 0 amide bonds. The molecule has 0 aliphatic rings. The second kappa shape index (κ2) is 7.07. The van der Waals surface area contributed by atoms with Crippen LogP contribution < -0.4 is 0 Å². The van der Waals surface area contributed by atoms with Crippen LogP contribution in [0.3, 0.4) is 0 Å². The number of hydrogen-bond donors (Lipinski definition) is 0. The minimum absolute atomic E-state index is 0.306. The van der Waals surface area contributed by atoms with E-state index in [-0.39, 0.29) is 0 Å². The fraction of sp³-hybridized carbons (Fsp3) is 0.692. The van der Waals surface area contributed by atoms with Crippen LogP contribution in [0, 0.1) is 11.8 Å². The van der Waals surface area contributed by atoms with Gasteiger partial charge in [-0.1, -0.05) is 27.7 Å². The number of sulfonamides is 1. The van der Waals surface area contributed by atoms with Crippen molar-refractivity contribution in [2.24, 2.45) is 11.8 Å². The zero-order valence-corrected chi connectivity index (χ0v) is 14.3. The third-order valence-electron chi connectivity index (χ3n) is 2.50. The molecule has 1 aromatic rings. The molecule has 110 valence electrons. The lowest BCUT2D eigenvalue weighted by atomic mass is 10.2. The molecule has 0 aliphatic carbocycles. The molecule has 6 heteroatoms. The highest BCUT2D eigenvalue weighted by Crippen LogP contribution is 2.27. The second-order valence-electron chi connectivity index (χ2n) is 5.46. The Balaban J connectivity index is 3.03. The van der Waals surface area contributed by atoms with Crippen molar-refractivity contribution in [1.82, 2.24) is 4.31 Å². The predicted molar refractivity (Wildman–Crippen MR) is 82.3 cm³/mol. The zero-order chi connectivity index (χ0) is 14.6. The van der Waals surface area contributed by atoms with Crippen molar-refractivity contribution in [2.75, 3.05) is 13.1 Å². The molecular formula is C13H22ClNO2S2. The number of thiophene rings is 1. The van der Waals surface area contributed by atoms with Gasteiger partial charge < -0.3 is 0 Å². The van der Waals surface area contributed by atoms with Crippen molar-refractivity contribution in [3.63, 3.8) is 0 Å². The Labute approximate surface area is 125 Å². The minimum Gasteiger partial charge on any atom is -0.206 e. The molecule has 0 bridgehead atoms. The van der Waals surface area contributed by atoms with Crippen LogP contribution in [0.25, 0.3) is 0 Å². The molecule has 0 aliphatic heterocycles. The van der Waals surface area contributed by atoms with E-state index in [1.165, 1.54) is 11.3 Å². The van der Waals surface area contributed by atoms with Crippen molar-refractivity contribution < 1.29 is 8.42 Å². The van der Waals surface area contributed by atoms with Gasteiger partial charge in [-0.15, -0.1) is 22.9 Å². The van der Waals surface area contributed by atoms with Crippen LogP contribution in [0.5, 0.6) is 0 Å². The van der Waals surface area contributed by atoms with E-state index in [1.807, 2.05) is 27.7 Å². The summed E-state index contributed by atoms with van der Waals surface area (Å²) < 4.78 is 27.2. The van der Waals surface area contributed by atoms with Crippen LogP contribution in [0.4, 0.5) is 0 Å². The third kappa shape index (κ3) is 4.74. The molecule has 0 unspecified atom stereocenters. The Bertz CT molecular complexity index is 484. The van der Waals surface area contributed by atoms with Crippen molar-refractivity contribution in [3.8, 4) is 0 Å². The second-order valence-corrected chi connectivity index (χ2v) is 9.06. The summed E-state index contributed by atoms with van der Waals surface area (Å²) in [6.07, 6.45) is 0. The van der Waals surface area contributed by atoms with E-state index in [1.54, 1.807) is 16.4 Å². The van der Waals surface area contributed by atoms with Crippen molar-refractivity contribution >= 4 is 33.0 Å². The topological polar surface area (TPSA) is 37.4 Å². The molecule has 19 heavy (non-hydrogen) atoms. The van der Waals surface area contributed by atoms with Crippen LogP contribution in [-0.4, -0.2) is 25.8 Å². The van der Waals surface area contributed by atoms with E-state index in [0.29, 0.717) is 35.0 Å². The standard InChI is InChI=1S/C13H22ClNO2S2/c1-10(2)8-15(9-11(3)4)19(16,17)13-6-5-12(7-14)18-13/h5-6,10-11H,7-9H2,1-4H3. The Morgan fingerprint density at radius 2 is 1.68 bits per heavy atom. The molecule has 1 aromatic heterocycles. The lowest BCUT2D eigenvalue weighted by Gasteiger charge is -2.24. The van der Waals surface area contributed by atoms with Gasteiger partial charge in [-0.25, -0.2) is 8.42 Å². The highest BCUT2D eigenvalue weighted by molar-refractivity contribution is 7.91. The molecule has 0 saturated heterocycles. The number of halogens is 1. The van der Waals surface area contributed by atoms with Gasteiger partial charge >= 0.3 is 0 Å². The number of rotatable bonds is 7. The first-order valence-corrected chi connectivity index (χ1v) is 9.21. The van der Waals surface area contributed by atoms with Crippen LogP contribution in [0.15, 0.2) is 16.3 Å². The molecule has 0 radical (unpaired) electrons. The van der Waals surface area contributed by atoms with E-state index < -0.39 is 10.0 Å². The van der Waals surface area contributed by atoms with E-state index >= 15 is 0 Å². The van der Waals surface area contributed by atoms with Gasteiger partial charge in [0.2, 0.25) is 0 Å². The molecule has 1 heterocycles. The van der Waals surface area contributed by atoms with E-state index in [2.05, 4.69) is 0 Å². The van der Waals surface area contributed by atoms with Crippen LogP contribution in [-0.2, 0) is 15.9 Å². The maximum atomic E-state index is 12.6. The summed E-state index contributed by atoms with van der Waals surface area (Å²) in [6.45, 7) is 9.22. The average Bonchev–Trinajstić information content (AvgIpc) is 2.75. The number of alkyl halides is 1. The van der Waals surface area contributed by atoms with Gasteiger partial charge in [0.25, 0.3) is 10.0 Å². The quantitative estimate of drug-likeness (QED) is 0.716. The minimum atomic E-state index is -3.39. The highest BCUT2D eigenvalue weighted by Gasteiger charge is 2.27. The number of hydrogen-bond acceptors (Lipinski definition) is 3. The summed E-state index contributed by atoms with van der Waals surface area (Å²) in [7, 11) is -3.39. The van der Waals surface area contributed by atoms with Crippen LogP contribution in [0.2, 0.25) is 0 Å². The fourth-order valence-corrected chi connectivity index (χ4v) is 5.16. The Kier molecular flexibility index (Phi) is 6.30. The summed E-state index contributed by atoms with van der Waals surface area (Å²) in [4.78, 5) is 0.884. The largest absolute Gasteiger partial charge is 0.252 e. The van der Waals surface area contributed by atoms with Gasteiger partial charge in [0, 0.05) is 18.0 Å². The lowest BCUT2D eigenvalue weighted by Crippen LogP contribution is -2.36. The molecule has 0 aromatic carbocycles. The van der Waals surface area contributed by atoms with Gasteiger partial charge in [-0.2, -0.15) is 4.31 Å². The Hall–Kier alpha value is -0.100. The van der Waals surface area contributed by atoms with Gasteiger partial charge in [-0.05, 0) is 24.0 Å². The van der Waals surface area contributed by atoms with Gasteiger partial charge in [0.15, 0.2) is 0 Å². The molecule has 1 rings (SSSR count). The smallest absolute Gasteiger partial charge is 0.206 e. The van der Waals surface area contributed by atoms with Gasteiger partial charge in [0.05, 0.1) is 5.88 Å². The molecular weight excluding hydrogens is 302 g/mol. The Morgan fingerprint density at radius 1 is 1.16 bits per heavy atom. The Morgan fingerprint density at radius 3 is 2.05 bits per heavy atom. The van der Waals surface area contributed by atoms with E-state index in [4.69, 9.17) is 11.6 Å². The highest BCUT2D eigenvalue weighted by atomic mass is 35.5. The van der Waals surface area contributed by atoms with Crippen molar-refractivity contribution in [3.05, 3.63) is 17.0 Å². The third-order valence-corrected chi connectivity index (χ3v) is 6.33. The monoisotopic (exact) mass is 323 g/mol. The number of nitrogens with zero attached hydrogens (tertiary/aromatic N) is 1. The van der Waals surface area contributed by atoms with E-state index in [9.17, 15) is 8.42 Å². The summed E-state index contributed by atoms with van der Waals surface area (Å²) in [5.41, 5.74) is 0. The summed E-state index contributed by atoms with van der Waals surface area (Å²) in [6, 6.07) is 3.44. The fourth-order valence-electron chi connectivity index (χ4n) is 1.78.